The van der Waals surface area contributed by atoms with Crippen LogP contribution in [0, 0.1) is 5.82 Å². The van der Waals surface area contributed by atoms with Gasteiger partial charge in [0.15, 0.2) is 0 Å². The predicted molar refractivity (Wildman–Crippen MR) is 61.1 cm³/mol. The van der Waals surface area contributed by atoms with Gasteiger partial charge >= 0.3 is 5.69 Å². The van der Waals surface area contributed by atoms with E-state index in [1.54, 1.807) is 10.6 Å². The molecule has 0 aliphatic carbocycles. The first kappa shape index (κ1) is 10.9. The summed E-state index contributed by atoms with van der Waals surface area (Å²) in [6.45, 7) is 1.29. The van der Waals surface area contributed by atoms with Crippen molar-refractivity contribution >= 4 is 11.0 Å². The van der Waals surface area contributed by atoms with E-state index in [2.05, 4.69) is 4.98 Å². The number of hydrogen-bond donors (Lipinski definition) is 1. The minimum atomic E-state index is -0.329. The van der Waals surface area contributed by atoms with Gasteiger partial charge in [-0.1, -0.05) is 0 Å². The third-order valence-electron chi connectivity index (χ3n) is 2.51. The summed E-state index contributed by atoms with van der Waals surface area (Å²) in [6.07, 6.45) is 0. The van der Waals surface area contributed by atoms with E-state index in [4.69, 9.17) is 0 Å². The van der Waals surface area contributed by atoms with Crippen molar-refractivity contribution < 1.29 is 4.39 Å². The summed E-state index contributed by atoms with van der Waals surface area (Å²) in [5, 5.41) is 0. The molecule has 0 radical (unpaired) electrons. The predicted octanol–water partition coefficient (Wildman–Crippen LogP) is 1.03. The molecule has 0 fully saturated rings. The summed E-state index contributed by atoms with van der Waals surface area (Å²) in [4.78, 5) is 16.3. The summed E-state index contributed by atoms with van der Waals surface area (Å²) >= 11 is 0. The fourth-order valence-electron chi connectivity index (χ4n) is 1.65. The Labute approximate surface area is 92.3 Å². The fourth-order valence-corrected chi connectivity index (χ4v) is 1.65. The van der Waals surface area contributed by atoms with Gasteiger partial charge in [-0.05, 0) is 32.3 Å². The number of rotatable bonds is 3. The lowest BCUT2D eigenvalue weighted by Gasteiger charge is -2.09. The molecule has 0 saturated heterocycles. The lowest BCUT2D eigenvalue weighted by Crippen LogP contribution is -2.24. The molecule has 0 saturated carbocycles. The maximum atomic E-state index is 13.1. The van der Waals surface area contributed by atoms with Crippen molar-refractivity contribution in [1.82, 2.24) is 14.5 Å². The molecule has 4 nitrogen and oxygen atoms in total. The van der Waals surface area contributed by atoms with Gasteiger partial charge in [-0.25, -0.2) is 9.18 Å². The molecule has 0 spiro atoms. The normalized spacial score (nSPS) is 11.5. The Hall–Kier alpha value is -1.62. The minimum Gasteiger partial charge on any atom is -0.308 e. The Kier molecular flexibility index (Phi) is 2.78. The van der Waals surface area contributed by atoms with Crippen LogP contribution >= 0.6 is 0 Å². The Morgan fingerprint density at radius 2 is 2.19 bits per heavy atom. The van der Waals surface area contributed by atoms with E-state index in [9.17, 15) is 9.18 Å². The average Bonchev–Trinajstić information content (AvgIpc) is 2.51. The smallest absolute Gasteiger partial charge is 0.308 e. The Balaban J connectivity index is 2.46. The quantitative estimate of drug-likeness (QED) is 0.844. The number of H-pyrrole nitrogens is 1. The van der Waals surface area contributed by atoms with Gasteiger partial charge < -0.3 is 9.88 Å². The zero-order chi connectivity index (χ0) is 11.7. The number of nitrogens with one attached hydrogen (secondary N) is 1. The molecule has 2 rings (SSSR count). The molecule has 5 heteroatoms. The number of benzene rings is 1. The number of nitrogens with zero attached hydrogens (tertiary/aromatic N) is 2. The molecule has 86 valence electrons. The van der Waals surface area contributed by atoms with E-state index in [-0.39, 0.29) is 11.5 Å². The van der Waals surface area contributed by atoms with Crippen LogP contribution in [0.5, 0.6) is 0 Å². The van der Waals surface area contributed by atoms with Crippen molar-refractivity contribution in [2.24, 2.45) is 0 Å². The summed E-state index contributed by atoms with van der Waals surface area (Å²) in [7, 11) is 3.86. The van der Waals surface area contributed by atoms with E-state index in [0.717, 1.165) is 6.54 Å². The van der Waals surface area contributed by atoms with Gasteiger partial charge in [-0.2, -0.15) is 0 Å². The molecule has 1 aromatic carbocycles. The highest BCUT2D eigenvalue weighted by atomic mass is 19.1. The highest BCUT2D eigenvalue weighted by molar-refractivity contribution is 5.75. The molecule has 0 amide bonds. The Morgan fingerprint density at radius 3 is 2.88 bits per heavy atom. The molecule has 0 bridgehead atoms. The van der Waals surface area contributed by atoms with Gasteiger partial charge in [0.1, 0.15) is 5.82 Å². The zero-order valence-corrected chi connectivity index (χ0v) is 9.33. The number of aromatic nitrogens is 2. The molecule has 2 aromatic rings. The van der Waals surface area contributed by atoms with Crippen molar-refractivity contribution in [1.29, 1.82) is 0 Å². The largest absolute Gasteiger partial charge is 0.326 e. The maximum absolute atomic E-state index is 13.1. The first-order valence-corrected chi connectivity index (χ1v) is 5.11. The number of aromatic amines is 1. The fraction of sp³-hybridized carbons (Fsp3) is 0.364. The van der Waals surface area contributed by atoms with Crippen LogP contribution < -0.4 is 5.69 Å². The van der Waals surface area contributed by atoms with Gasteiger partial charge in [0.05, 0.1) is 11.0 Å². The van der Waals surface area contributed by atoms with Crippen LogP contribution in [0.25, 0.3) is 11.0 Å². The second-order valence-corrected chi connectivity index (χ2v) is 4.05. The van der Waals surface area contributed by atoms with Crippen LogP contribution in [-0.2, 0) is 6.54 Å². The van der Waals surface area contributed by atoms with Crippen LogP contribution in [0.4, 0.5) is 4.39 Å². The standard InChI is InChI=1S/C11H14FN3O/c1-14(2)5-6-15-10-7-8(12)3-4-9(10)13-11(15)16/h3-4,7H,5-6H2,1-2H3,(H,13,16). The molecule has 1 N–H and O–H groups in total. The second kappa shape index (κ2) is 4.09. The molecule has 0 unspecified atom stereocenters. The number of likely N-dealkylation sites (N-methyl/N-ethyl adjacent to an activating group) is 1. The van der Waals surface area contributed by atoms with Crippen molar-refractivity contribution in [3.63, 3.8) is 0 Å². The second-order valence-electron chi connectivity index (χ2n) is 4.05. The summed E-state index contributed by atoms with van der Waals surface area (Å²) in [5.41, 5.74) is 1.10. The molecular weight excluding hydrogens is 209 g/mol. The minimum absolute atomic E-state index is 0.192. The molecule has 0 aliphatic heterocycles. The summed E-state index contributed by atoms with van der Waals surface area (Å²) in [6, 6.07) is 4.30. The molecular formula is C11H14FN3O. The maximum Gasteiger partial charge on any atom is 0.326 e. The van der Waals surface area contributed by atoms with Crippen LogP contribution in [0.1, 0.15) is 0 Å². The topological polar surface area (TPSA) is 41.0 Å². The Bertz CT molecular complexity index is 556. The van der Waals surface area contributed by atoms with Crippen LogP contribution in [0.15, 0.2) is 23.0 Å². The van der Waals surface area contributed by atoms with Gasteiger partial charge in [-0.15, -0.1) is 0 Å². The number of fused-ring (bicyclic) bond motifs is 1. The van der Waals surface area contributed by atoms with Crippen LogP contribution in [0.2, 0.25) is 0 Å². The van der Waals surface area contributed by atoms with E-state index in [1.807, 2.05) is 19.0 Å². The number of halogens is 1. The van der Waals surface area contributed by atoms with E-state index in [1.165, 1.54) is 12.1 Å². The van der Waals surface area contributed by atoms with E-state index in [0.29, 0.717) is 17.6 Å². The molecule has 1 heterocycles. The van der Waals surface area contributed by atoms with Crippen molar-refractivity contribution in [2.45, 2.75) is 6.54 Å². The third-order valence-corrected chi connectivity index (χ3v) is 2.51. The molecule has 16 heavy (non-hydrogen) atoms. The lowest BCUT2D eigenvalue weighted by molar-refractivity contribution is 0.384. The number of hydrogen-bond acceptors (Lipinski definition) is 2. The van der Waals surface area contributed by atoms with E-state index >= 15 is 0 Å². The van der Waals surface area contributed by atoms with E-state index < -0.39 is 0 Å². The van der Waals surface area contributed by atoms with Crippen LogP contribution in [0.3, 0.4) is 0 Å². The SMILES string of the molecule is CN(C)CCn1c(=O)[nH]c2ccc(F)cc21. The molecule has 0 aliphatic rings. The summed E-state index contributed by atoms with van der Waals surface area (Å²) < 4.78 is 14.6. The molecule has 0 atom stereocenters. The first-order valence-electron chi connectivity index (χ1n) is 5.11. The monoisotopic (exact) mass is 223 g/mol. The first-order chi connectivity index (χ1) is 7.58. The zero-order valence-electron chi connectivity index (χ0n) is 9.33. The highest BCUT2D eigenvalue weighted by Crippen LogP contribution is 2.11. The van der Waals surface area contributed by atoms with Crippen molar-refractivity contribution in [2.75, 3.05) is 20.6 Å². The summed E-state index contributed by atoms with van der Waals surface area (Å²) in [5.74, 6) is -0.329. The Morgan fingerprint density at radius 1 is 1.44 bits per heavy atom. The highest BCUT2D eigenvalue weighted by Gasteiger charge is 2.07. The third kappa shape index (κ3) is 1.99. The van der Waals surface area contributed by atoms with Gasteiger partial charge in [0.25, 0.3) is 0 Å². The van der Waals surface area contributed by atoms with Crippen molar-refractivity contribution in [3.05, 3.63) is 34.5 Å². The van der Waals surface area contributed by atoms with Crippen LogP contribution in [-0.4, -0.2) is 35.1 Å². The lowest BCUT2D eigenvalue weighted by atomic mass is 10.3. The van der Waals surface area contributed by atoms with Crippen molar-refractivity contribution in [3.8, 4) is 0 Å². The van der Waals surface area contributed by atoms with Gasteiger partial charge in [-0.3, -0.25) is 4.57 Å². The average molecular weight is 223 g/mol. The van der Waals surface area contributed by atoms with Gasteiger partial charge in [0, 0.05) is 13.1 Å². The molecule has 1 aromatic heterocycles. The van der Waals surface area contributed by atoms with Gasteiger partial charge in [0.2, 0.25) is 0 Å². The number of imidazole rings is 1.